The number of thioether (sulfide) groups is 1. The van der Waals surface area contributed by atoms with Crippen LogP contribution in [0.25, 0.3) is 0 Å². The fraction of sp³-hybridized carbons (Fsp3) is 0.273. The molecule has 1 rings (SSSR count). The van der Waals surface area contributed by atoms with Crippen LogP contribution < -0.4 is 5.32 Å². The maximum atomic E-state index is 11.5. The second-order valence-corrected chi connectivity index (χ2v) is 4.24. The molecular weight excluding hydrogens is 242 g/mol. The van der Waals surface area contributed by atoms with E-state index in [0.717, 1.165) is 11.8 Å². The van der Waals surface area contributed by atoms with Gasteiger partial charge in [0, 0.05) is 11.3 Å². The number of aliphatic hydroxyl groups is 1. The van der Waals surface area contributed by atoms with Crippen molar-refractivity contribution < 1.29 is 19.8 Å². The van der Waals surface area contributed by atoms with Crippen LogP contribution in [0.4, 0.5) is 5.69 Å². The Balaban J connectivity index is 2.47. The molecule has 0 aliphatic heterocycles. The molecule has 0 bridgehead atoms. The van der Waals surface area contributed by atoms with Crippen molar-refractivity contribution in [2.24, 2.45) is 0 Å². The van der Waals surface area contributed by atoms with Crippen LogP contribution in [0, 0.1) is 0 Å². The number of hydrogen-bond acceptors (Lipinski definition) is 4. The van der Waals surface area contributed by atoms with E-state index in [9.17, 15) is 9.59 Å². The van der Waals surface area contributed by atoms with Gasteiger partial charge in [0.05, 0.1) is 18.1 Å². The molecule has 0 aromatic heterocycles. The van der Waals surface area contributed by atoms with Crippen molar-refractivity contribution in [1.82, 2.24) is 0 Å². The first-order valence-corrected chi connectivity index (χ1v) is 6.07. The third kappa shape index (κ3) is 4.88. The Labute approximate surface area is 103 Å². The van der Waals surface area contributed by atoms with Crippen molar-refractivity contribution in [3.8, 4) is 0 Å². The fourth-order valence-corrected chi connectivity index (χ4v) is 1.73. The third-order valence-corrected chi connectivity index (χ3v) is 2.84. The predicted molar refractivity (Wildman–Crippen MR) is 66.0 cm³/mol. The molecule has 0 saturated heterocycles. The number of rotatable bonds is 6. The van der Waals surface area contributed by atoms with Crippen LogP contribution in [0.3, 0.4) is 0 Å². The molecule has 1 aromatic rings. The second-order valence-electron chi connectivity index (χ2n) is 3.25. The zero-order valence-corrected chi connectivity index (χ0v) is 9.87. The summed E-state index contributed by atoms with van der Waals surface area (Å²) in [7, 11) is 0. The zero-order chi connectivity index (χ0) is 12.7. The first-order valence-electron chi connectivity index (χ1n) is 4.91. The molecule has 17 heavy (non-hydrogen) atoms. The average molecular weight is 255 g/mol. The van der Waals surface area contributed by atoms with Gasteiger partial charge < -0.3 is 15.5 Å². The van der Waals surface area contributed by atoms with Crippen LogP contribution in [-0.2, 0) is 16.2 Å². The maximum absolute atomic E-state index is 11.5. The van der Waals surface area contributed by atoms with Crippen LogP contribution in [0.1, 0.15) is 5.56 Å². The summed E-state index contributed by atoms with van der Waals surface area (Å²) in [4.78, 5) is 21.7. The number of benzene rings is 1. The van der Waals surface area contributed by atoms with Gasteiger partial charge in [-0.05, 0) is 6.07 Å². The number of amides is 1. The topological polar surface area (TPSA) is 86.6 Å². The van der Waals surface area contributed by atoms with Crippen molar-refractivity contribution >= 4 is 29.3 Å². The maximum Gasteiger partial charge on any atom is 0.313 e. The standard InChI is InChI=1S/C11H13NO4S/c13-5-8-3-1-2-4-9(8)12-10(14)6-17-7-11(15)16/h1-4,13H,5-7H2,(H,12,14)(H,15,16). The van der Waals surface area contributed by atoms with E-state index in [2.05, 4.69) is 5.32 Å². The van der Waals surface area contributed by atoms with Crippen molar-refractivity contribution in [1.29, 1.82) is 0 Å². The Morgan fingerprint density at radius 2 is 1.94 bits per heavy atom. The molecule has 0 aliphatic carbocycles. The molecule has 6 heteroatoms. The van der Waals surface area contributed by atoms with E-state index < -0.39 is 5.97 Å². The molecule has 0 saturated carbocycles. The summed E-state index contributed by atoms with van der Waals surface area (Å²) < 4.78 is 0. The molecule has 92 valence electrons. The van der Waals surface area contributed by atoms with E-state index >= 15 is 0 Å². The lowest BCUT2D eigenvalue weighted by Crippen LogP contribution is -2.16. The quantitative estimate of drug-likeness (QED) is 0.704. The molecule has 0 radical (unpaired) electrons. The Bertz CT molecular complexity index is 408. The number of carbonyl (C=O) groups is 2. The molecule has 5 nitrogen and oxygen atoms in total. The minimum Gasteiger partial charge on any atom is -0.481 e. The molecule has 0 heterocycles. The van der Waals surface area contributed by atoms with Gasteiger partial charge >= 0.3 is 5.97 Å². The van der Waals surface area contributed by atoms with E-state index in [0.29, 0.717) is 11.3 Å². The summed E-state index contributed by atoms with van der Waals surface area (Å²) >= 11 is 1.03. The highest BCUT2D eigenvalue weighted by molar-refractivity contribution is 8.00. The number of anilines is 1. The normalized spacial score (nSPS) is 9.94. The van der Waals surface area contributed by atoms with Gasteiger partial charge in [-0.25, -0.2) is 0 Å². The lowest BCUT2D eigenvalue weighted by Gasteiger charge is -2.08. The van der Waals surface area contributed by atoms with Crippen molar-refractivity contribution in [2.75, 3.05) is 16.8 Å². The molecule has 0 unspecified atom stereocenters. The first-order chi connectivity index (χ1) is 8.13. The van der Waals surface area contributed by atoms with Crippen molar-refractivity contribution in [3.63, 3.8) is 0 Å². The van der Waals surface area contributed by atoms with Crippen molar-refractivity contribution in [3.05, 3.63) is 29.8 Å². The highest BCUT2D eigenvalue weighted by atomic mass is 32.2. The van der Waals surface area contributed by atoms with E-state index in [1.165, 1.54) is 0 Å². The number of para-hydroxylation sites is 1. The molecule has 3 N–H and O–H groups in total. The van der Waals surface area contributed by atoms with Crippen LogP contribution in [-0.4, -0.2) is 33.6 Å². The minimum absolute atomic E-state index is 0.0755. The second kappa shape index (κ2) is 6.93. The van der Waals surface area contributed by atoms with Gasteiger partial charge in [-0.3, -0.25) is 9.59 Å². The number of aliphatic hydroxyl groups excluding tert-OH is 1. The van der Waals surface area contributed by atoms with E-state index in [4.69, 9.17) is 10.2 Å². The minimum atomic E-state index is -0.946. The van der Waals surface area contributed by atoms with Crippen LogP contribution in [0.2, 0.25) is 0 Å². The SMILES string of the molecule is O=C(O)CSCC(=O)Nc1ccccc1CO. The van der Waals surface area contributed by atoms with Crippen LogP contribution in [0.5, 0.6) is 0 Å². The summed E-state index contributed by atoms with van der Waals surface area (Å²) in [5, 5.41) is 20.1. The highest BCUT2D eigenvalue weighted by Crippen LogP contribution is 2.15. The monoisotopic (exact) mass is 255 g/mol. The number of carboxylic acids is 1. The lowest BCUT2D eigenvalue weighted by atomic mass is 10.2. The summed E-state index contributed by atoms with van der Waals surface area (Å²) in [6.45, 7) is -0.154. The highest BCUT2D eigenvalue weighted by Gasteiger charge is 2.07. The van der Waals surface area contributed by atoms with E-state index in [1.54, 1.807) is 24.3 Å². The molecule has 1 amide bonds. The fourth-order valence-electron chi connectivity index (χ4n) is 1.20. The summed E-state index contributed by atoms with van der Waals surface area (Å²) in [6, 6.07) is 6.91. The van der Waals surface area contributed by atoms with Gasteiger partial charge in [-0.15, -0.1) is 11.8 Å². The third-order valence-electron chi connectivity index (χ3n) is 1.92. The Hall–Kier alpha value is -1.53. The predicted octanol–water partition coefficient (Wildman–Crippen LogP) is 0.935. The molecule has 0 fully saturated rings. The number of carboxylic acid groups (broad SMARTS) is 1. The molecular formula is C11H13NO4S. The lowest BCUT2D eigenvalue weighted by molar-refractivity contribution is -0.133. The largest absolute Gasteiger partial charge is 0.481 e. The van der Waals surface area contributed by atoms with Crippen LogP contribution in [0.15, 0.2) is 24.3 Å². The summed E-state index contributed by atoms with van der Waals surface area (Å²) in [6.07, 6.45) is 0. The molecule has 0 atom stereocenters. The van der Waals surface area contributed by atoms with E-state index in [1.807, 2.05) is 0 Å². The Kier molecular flexibility index (Phi) is 5.51. The molecule has 1 aromatic carbocycles. The van der Waals surface area contributed by atoms with Gasteiger partial charge in [0.1, 0.15) is 0 Å². The van der Waals surface area contributed by atoms with Gasteiger partial charge in [0.25, 0.3) is 0 Å². The van der Waals surface area contributed by atoms with Gasteiger partial charge in [-0.1, -0.05) is 18.2 Å². The Morgan fingerprint density at radius 1 is 1.24 bits per heavy atom. The summed E-state index contributed by atoms with van der Waals surface area (Å²) in [5.41, 5.74) is 1.18. The Morgan fingerprint density at radius 3 is 2.59 bits per heavy atom. The molecule has 0 spiro atoms. The van der Waals surface area contributed by atoms with Gasteiger partial charge in [0.2, 0.25) is 5.91 Å². The van der Waals surface area contributed by atoms with E-state index in [-0.39, 0.29) is 24.0 Å². The van der Waals surface area contributed by atoms with Crippen molar-refractivity contribution in [2.45, 2.75) is 6.61 Å². The number of nitrogens with one attached hydrogen (secondary N) is 1. The molecule has 0 aliphatic rings. The zero-order valence-electron chi connectivity index (χ0n) is 9.05. The average Bonchev–Trinajstić information content (AvgIpc) is 2.29. The smallest absolute Gasteiger partial charge is 0.313 e. The number of hydrogen-bond donors (Lipinski definition) is 3. The number of aliphatic carboxylic acids is 1. The van der Waals surface area contributed by atoms with Crippen LogP contribution >= 0.6 is 11.8 Å². The van der Waals surface area contributed by atoms with Gasteiger partial charge in [0.15, 0.2) is 0 Å². The summed E-state index contributed by atoms with van der Waals surface area (Å²) in [5.74, 6) is -1.25. The number of carbonyl (C=O) groups excluding carboxylic acids is 1. The first kappa shape index (κ1) is 13.5. The van der Waals surface area contributed by atoms with Gasteiger partial charge in [-0.2, -0.15) is 0 Å².